The van der Waals surface area contributed by atoms with Gasteiger partial charge >= 0.3 is 6.01 Å². The number of hydrogen-bond acceptors (Lipinski definition) is 9. The maximum atomic E-state index is 17.7. The van der Waals surface area contributed by atoms with E-state index in [1.54, 1.807) is 18.2 Å². The average molecular weight is 802 g/mol. The number of alkyl halides is 1. The van der Waals surface area contributed by atoms with Crippen molar-refractivity contribution in [3.63, 3.8) is 0 Å². The molecule has 2 aromatic carbocycles. The summed E-state index contributed by atoms with van der Waals surface area (Å²) >= 11 is 0. The molecule has 4 aliphatic rings. The molecule has 4 aromatic rings. The van der Waals surface area contributed by atoms with Crippen molar-refractivity contribution >= 4 is 35.6 Å². The Hall–Kier alpha value is -4.12. The fourth-order valence-corrected chi connectivity index (χ4v) is 15.7. The van der Waals surface area contributed by atoms with Crippen LogP contribution < -0.4 is 19.1 Å². The molecule has 9 nitrogen and oxygen atoms in total. The molecule has 0 N–H and O–H groups in total. The van der Waals surface area contributed by atoms with Gasteiger partial charge in [0.1, 0.15) is 61.4 Å². The fraction of sp³-hybridized carbons (Fsp3) is 0.568. The molecule has 3 atom stereocenters. The van der Waals surface area contributed by atoms with Crippen LogP contribution >= 0.6 is 0 Å². The normalized spacial score (nSPS) is 22.2. The highest BCUT2D eigenvalue weighted by molar-refractivity contribution is 6.90. The minimum atomic E-state index is -2.30. The van der Waals surface area contributed by atoms with Gasteiger partial charge in [0, 0.05) is 37.6 Å². The van der Waals surface area contributed by atoms with Gasteiger partial charge < -0.3 is 23.8 Å². The molecule has 4 aliphatic heterocycles. The maximum Gasteiger partial charge on any atom is 0.319 e. The Morgan fingerprint density at radius 3 is 2.51 bits per heavy atom. The number of pyridine rings is 1. The summed E-state index contributed by atoms with van der Waals surface area (Å²) in [7, 11) is -0.782. The third-order valence-electron chi connectivity index (χ3n) is 13.2. The van der Waals surface area contributed by atoms with E-state index in [0.29, 0.717) is 70.5 Å². The number of aromatic nitrogens is 3. The number of methoxy groups -OCH3 is 1. The van der Waals surface area contributed by atoms with Crippen molar-refractivity contribution in [1.29, 1.82) is 0 Å². The van der Waals surface area contributed by atoms with Crippen LogP contribution in [0.2, 0.25) is 16.6 Å². The van der Waals surface area contributed by atoms with E-state index in [-0.39, 0.29) is 53.7 Å². The zero-order valence-electron chi connectivity index (χ0n) is 34.2. The third kappa shape index (κ3) is 6.89. The first-order valence-electron chi connectivity index (χ1n) is 20.6. The van der Waals surface area contributed by atoms with Crippen molar-refractivity contribution in [1.82, 2.24) is 19.9 Å². The highest BCUT2D eigenvalue weighted by Crippen LogP contribution is 2.46. The molecule has 8 rings (SSSR count). The molecule has 6 heterocycles. The van der Waals surface area contributed by atoms with Gasteiger partial charge in [0.05, 0.1) is 17.1 Å². The maximum absolute atomic E-state index is 17.7. The topological polar surface area (TPSA) is 82.1 Å². The standard InChI is InChI=1S/C44H54F3N5O4Si/c1-26(2)57(27(3)4,28(5)6)18-14-33-35(46)13-12-29-19-32(56-25-53-7)20-34(36(29)33)39-38(47)40-37-41(52-17-9-8-11-31(52)23-54-42(37)48-39)50-43(49-40)55-24-44-15-10-16-51(44)22-30(45)21-44/h12-13,19-20,26-28,30-31H,8-11,15-17,21-25H2,1-7H3/t30-,31?,44+/m1/s1. The quantitative estimate of drug-likeness (QED) is 0.0886. The molecule has 0 aliphatic carbocycles. The van der Waals surface area contributed by atoms with Gasteiger partial charge in [-0.05, 0) is 78.9 Å². The summed E-state index contributed by atoms with van der Waals surface area (Å²) in [6.07, 6.45) is 4.08. The molecule has 0 amide bonds. The number of anilines is 1. The summed E-state index contributed by atoms with van der Waals surface area (Å²) in [6, 6.07) is 6.52. The van der Waals surface area contributed by atoms with Crippen LogP contribution in [0.1, 0.15) is 85.6 Å². The third-order valence-corrected chi connectivity index (χ3v) is 19.5. The zero-order valence-corrected chi connectivity index (χ0v) is 35.2. The molecule has 3 fully saturated rings. The summed E-state index contributed by atoms with van der Waals surface area (Å²) in [5.74, 6) is 3.21. The first-order valence-corrected chi connectivity index (χ1v) is 22.8. The van der Waals surface area contributed by atoms with Crippen molar-refractivity contribution in [3.05, 3.63) is 41.5 Å². The Balaban J connectivity index is 1.35. The number of halogens is 3. The Morgan fingerprint density at radius 1 is 0.965 bits per heavy atom. The number of rotatable bonds is 10. The van der Waals surface area contributed by atoms with Crippen molar-refractivity contribution in [3.8, 4) is 40.4 Å². The second-order valence-corrected chi connectivity index (χ2v) is 22.9. The number of piperidine rings is 1. The van der Waals surface area contributed by atoms with Crippen LogP contribution in [0.5, 0.6) is 17.6 Å². The van der Waals surface area contributed by atoms with E-state index in [0.717, 1.165) is 38.6 Å². The Kier molecular flexibility index (Phi) is 10.8. The predicted molar refractivity (Wildman–Crippen MR) is 220 cm³/mol. The van der Waals surface area contributed by atoms with Gasteiger partial charge in [-0.25, -0.2) is 18.2 Å². The monoisotopic (exact) mass is 801 g/mol. The number of nitrogens with zero attached hydrogens (tertiary/aromatic N) is 5. The summed E-state index contributed by atoms with van der Waals surface area (Å²) in [6.45, 7) is 15.7. The predicted octanol–water partition coefficient (Wildman–Crippen LogP) is 9.38. The van der Waals surface area contributed by atoms with Gasteiger partial charge in [-0.15, -0.1) is 5.54 Å². The van der Waals surface area contributed by atoms with Crippen LogP contribution in [-0.2, 0) is 4.74 Å². The zero-order chi connectivity index (χ0) is 40.2. The van der Waals surface area contributed by atoms with Crippen LogP contribution in [0.15, 0.2) is 24.3 Å². The van der Waals surface area contributed by atoms with Crippen LogP contribution in [0.25, 0.3) is 32.9 Å². The van der Waals surface area contributed by atoms with Gasteiger partial charge in [-0.3, -0.25) is 4.90 Å². The molecular formula is C44H54F3N5O4Si. The van der Waals surface area contributed by atoms with Crippen molar-refractivity contribution < 1.29 is 32.1 Å². The summed E-state index contributed by atoms with van der Waals surface area (Å²) < 4.78 is 72.7. The second kappa shape index (κ2) is 15.6. The Bertz CT molecular complexity index is 2220. The van der Waals surface area contributed by atoms with Gasteiger partial charge in [-0.1, -0.05) is 53.5 Å². The Morgan fingerprint density at radius 2 is 1.75 bits per heavy atom. The average Bonchev–Trinajstić information content (AvgIpc) is 3.66. The van der Waals surface area contributed by atoms with E-state index in [9.17, 15) is 4.39 Å². The Labute approximate surface area is 334 Å². The summed E-state index contributed by atoms with van der Waals surface area (Å²) in [4.78, 5) is 18.9. The number of fused-ring (bicyclic) bond motifs is 4. The molecule has 1 unspecified atom stereocenters. The minimum absolute atomic E-state index is 0.00802. The lowest BCUT2D eigenvalue weighted by Crippen LogP contribution is -2.44. The van der Waals surface area contributed by atoms with Crippen LogP contribution in [0.3, 0.4) is 0 Å². The van der Waals surface area contributed by atoms with Crippen molar-refractivity contribution in [2.45, 2.75) is 114 Å². The van der Waals surface area contributed by atoms with Crippen molar-refractivity contribution in [2.24, 2.45) is 0 Å². The van der Waals surface area contributed by atoms with Gasteiger partial charge in [0.25, 0.3) is 0 Å². The van der Waals surface area contributed by atoms with Gasteiger partial charge in [0.2, 0.25) is 5.88 Å². The van der Waals surface area contributed by atoms with Crippen molar-refractivity contribution in [2.75, 3.05) is 51.7 Å². The molecule has 0 bridgehead atoms. The molecule has 57 heavy (non-hydrogen) atoms. The lowest BCUT2D eigenvalue weighted by Gasteiger charge is -2.38. The van der Waals surface area contributed by atoms with Gasteiger partial charge in [-0.2, -0.15) is 9.97 Å². The number of ether oxygens (including phenoxy) is 4. The summed E-state index contributed by atoms with van der Waals surface area (Å²) in [5.41, 5.74) is 4.57. The van der Waals surface area contributed by atoms with E-state index in [1.807, 2.05) is 0 Å². The summed E-state index contributed by atoms with van der Waals surface area (Å²) in [5, 5.41) is 1.39. The minimum Gasteiger partial charge on any atom is -0.475 e. The largest absolute Gasteiger partial charge is 0.475 e. The SMILES string of the molecule is COCOc1cc(-c2nc3c4c(nc(OC[C@@]56CCCN5C[C@H](F)C6)nc4c2F)N2CCCCC2CO3)c2c(C#C[Si](C(C)C)(C(C)C)C(C)C)c(F)ccc2c1. The van der Waals surface area contributed by atoms with Crippen LogP contribution in [-0.4, -0.2) is 92.4 Å². The molecule has 3 saturated heterocycles. The first kappa shape index (κ1) is 39.7. The van der Waals surface area contributed by atoms with E-state index in [1.165, 1.54) is 13.2 Å². The lowest BCUT2D eigenvalue weighted by atomic mass is 9.95. The van der Waals surface area contributed by atoms with E-state index < -0.39 is 31.4 Å². The first-order chi connectivity index (χ1) is 27.4. The molecule has 0 saturated carbocycles. The fourth-order valence-electron chi connectivity index (χ4n) is 10.5. The second-order valence-electron chi connectivity index (χ2n) is 17.3. The van der Waals surface area contributed by atoms with Crippen LogP contribution in [0.4, 0.5) is 19.0 Å². The molecule has 0 spiro atoms. The van der Waals surface area contributed by atoms with Crippen LogP contribution in [0, 0.1) is 23.1 Å². The highest BCUT2D eigenvalue weighted by atomic mass is 28.3. The molecule has 13 heteroatoms. The molecule has 2 aromatic heterocycles. The lowest BCUT2D eigenvalue weighted by molar-refractivity contribution is 0.0512. The van der Waals surface area contributed by atoms with Gasteiger partial charge in [0.15, 0.2) is 12.6 Å². The number of benzene rings is 2. The van der Waals surface area contributed by atoms with E-state index in [2.05, 4.69) is 62.8 Å². The molecule has 304 valence electrons. The van der Waals surface area contributed by atoms with E-state index in [4.69, 9.17) is 33.9 Å². The highest BCUT2D eigenvalue weighted by Gasteiger charge is 2.49. The smallest absolute Gasteiger partial charge is 0.319 e. The number of hydrogen-bond donors (Lipinski definition) is 0. The van der Waals surface area contributed by atoms with E-state index >= 15 is 8.78 Å². The molecule has 0 radical (unpaired) electrons. The molecular weight excluding hydrogens is 748 g/mol.